The van der Waals surface area contributed by atoms with Crippen LogP contribution in [-0.4, -0.2) is 27.5 Å². The Morgan fingerprint density at radius 2 is 2.05 bits per heavy atom. The summed E-state index contributed by atoms with van der Waals surface area (Å²) in [7, 11) is -3.75. The molecular formula is C12H14N2O4S. The second-order valence-electron chi connectivity index (χ2n) is 3.89. The number of ether oxygens (including phenoxy) is 1. The Kier molecular flexibility index (Phi) is 5.03. The van der Waals surface area contributed by atoms with Crippen molar-refractivity contribution in [3.63, 3.8) is 0 Å². The molecule has 102 valence electrons. The van der Waals surface area contributed by atoms with Crippen LogP contribution in [-0.2, 0) is 19.6 Å². The van der Waals surface area contributed by atoms with Gasteiger partial charge >= 0.3 is 5.97 Å². The van der Waals surface area contributed by atoms with E-state index in [0.29, 0.717) is 0 Å². The molecule has 0 saturated heterocycles. The van der Waals surface area contributed by atoms with Gasteiger partial charge in [-0.3, -0.25) is 4.79 Å². The van der Waals surface area contributed by atoms with Gasteiger partial charge in [0.2, 0.25) is 10.0 Å². The number of hydrogen-bond acceptors (Lipinski definition) is 5. The minimum absolute atomic E-state index is 0.0867. The SMILES string of the molecule is Cc1ccc(S(=O)(=O)NCC(=O)OCC#N)cc1C. The summed E-state index contributed by atoms with van der Waals surface area (Å²) >= 11 is 0. The Balaban J connectivity index is 2.74. The van der Waals surface area contributed by atoms with Gasteiger partial charge in [0.05, 0.1) is 4.90 Å². The van der Waals surface area contributed by atoms with Gasteiger partial charge in [-0.05, 0) is 37.1 Å². The van der Waals surface area contributed by atoms with Crippen LogP contribution < -0.4 is 4.72 Å². The monoisotopic (exact) mass is 282 g/mol. The van der Waals surface area contributed by atoms with Crippen LogP contribution in [0.25, 0.3) is 0 Å². The van der Waals surface area contributed by atoms with Gasteiger partial charge in [0.1, 0.15) is 12.6 Å². The number of carbonyl (C=O) groups excluding carboxylic acids is 1. The molecule has 0 amide bonds. The number of sulfonamides is 1. The molecule has 0 atom stereocenters. The van der Waals surface area contributed by atoms with E-state index in [2.05, 4.69) is 9.46 Å². The molecule has 1 aromatic carbocycles. The van der Waals surface area contributed by atoms with Gasteiger partial charge in [0, 0.05) is 0 Å². The molecular weight excluding hydrogens is 268 g/mol. The first-order chi connectivity index (χ1) is 8.86. The van der Waals surface area contributed by atoms with Crippen LogP contribution in [0.2, 0.25) is 0 Å². The number of aryl methyl sites for hydroxylation is 2. The standard InChI is InChI=1S/C12H14N2O4S/c1-9-3-4-11(7-10(9)2)19(16,17)14-8-12(15)18-6-5-13/h3-4,7,14H,6,8H2,1-2H3. The van der Waals surface area contributed by atoms with E-state index in [9.17, 15) is 13.2 Å². The van der Waals surface area contributed by atoms with Crippen LogP contribution in [0.1, 0.15) is 11.1 Å². The van der Waals surface area contributed by atoms with Crippen molar-refractivity contribution >= 4 is 16.0 Å². The van der Waals surface area contributed by atoms with E-state index in [1.165, 1.54) is 12.1 Å². The number of nitriles is 1. The number of rotatable bonds is 5. The van der Waals surface area contributed by atoms with Crippen molar-refractivity contribution in [2.75, 3.05) is 13.2 Å². The summed E-state index contributed by atoms with van der Waals surface area (Å²) in [6, 6.07) is 6.30. The summed E-state index contributed by atoms with van der Waals surface area (Å²) in [5, 5.41) is 8.21. The van der Waals surface area contributed by atoms with Crippen LogP contribution in [0, 0.1) is 25.2 Å². The minimum Gasteiger partial charge on any atom is -0.449 e. The van der Waals surface area contributed by atoms with E-state index in [4.69, 9.17) is 5.26 Å². The highest BCUT2D eigenvalue weighted by Gasteiger charge is 2.16. The average molecular weight is 282 g/mol. The zero-order valence-corrected chi connectivity index (χ0v) is 11.5. The summed E-state index contributed by atoms with van der Waals surface area (Å²) in [5.74, 6) is -0.797. The van der Waals surface area contributed by atoms with Gasteiger partial charge in [0.25, 0.3) is 0 Å². The molecule has 0 aromatic heterocycles. The molecule has 0 radical (unpaired) electrons. The fourth-order valence-electron chi connectivity index (χ4n) is 1.28. The number of benzene rings is 1. The van der Waals surface area contributed by atoms with Crippen molar-refractivity contribution in [3.8, 4) is 6.07 Å². The first-order valence-electron chi connectivity index (χ1n) is 5.46. The quantitative estimate of drug-likeness (QED) is 0.800. The third-order valence-corrected chi connectivity index (χ3v) is 3.89. The van der Waals surface area contributed by atoms with Crippen LogP contribution in [0.5, 0.6) is 0 Å². The average Bonchev–Trinajstić information content (AvgIpc) is 2.37. The third-order valence-electron chi connectivity index (χ3n) is 2.49. The summed E-state index contributed by atoms with van der Waals surface area (Å²) in [6.45, 7) is 2.77. The van der Waals surface area contributed by atoms with Crippen molar-refractivity contribution in [2.45, 2.75) is 18.7 Å². The maximum absolute atomic E-state index is 11.9. The summed E-state index contributed by atoms with van der Waals surface area (Å²) in [4.78, 5) is 11.2. The molecule has 0 saturated carbocycles. The largest absolute Gasteiger partial charge is 0.449 e. The van der Waals surface area contributed by atoms with Gasteiger partial charge in [-0.1, -0.05) is 6.07 Å². The van der Waals surface area contributed by atoms with Gasteiger partial charge in [0.15, 0.2) is 6.61 Å². The lowest BCUT2D eigenvalue weighted by molar-refractivity contribution is -0.140. The Bertz CT molecular complexity index is 617. The Hall–Kier alpha value is -1.91. The third kappa shape index (κ3) is 4.35. The Labute approximate surface area is 112 Å². The molecule has 0 aliphatic rings. The maximum Gasteiger partial charge on any atom is 0.322 e. The smallest absolute Gasteiger partial charge is 0.322 e. The predicted octanol–water partition coefficient (Wildman–Crippen LogP) is 0.649. The predicted molar refractivity (Wildman–Crippen MR) is 67.7 cm³/mol. The first-order valence-corrected chi connectivity index (χ1v) is 6.94. The molecule has 0 heterocycles. The molecule has 1 rings (SSSR count). The highest BCUT2D eigenvalue weighted by atomic mass is 32.2. The maximum atomic E-state index is 11.9. The number of nitrogens with one attached hydrogen (secondary N) is 1. The molecule has 0 fully saturated rings. The molecule has 1 aromatic rings. The molecule has 19 heavy (non-hydrogen) atoms. The van der Waals surface area contributed by atoms with Crippen LogP contribution >= 0.6 is 0 Å². The van der Waals surface area contributed by atoms with Gasteiger partial charge in [-0.2, -0.15) is 9.98 Å². The van der Waals surface area contributed by atoms with Crippen LogP contribution in [0.4, 0.5) is 0 Å². The molecule has 0 spiro atoms. The normalized spacial score (nSPS) is 10.8. The van der Waals surface area contributed by atoms with E-state index in [-0.39, 0.29) is 4.90 Å². The van der Waals surface area contributed by atoms with Crippen molar-refractivity contribution in [1.29, 1.82) is 5.26 Å². The number of hydrogen-bond donors (Lipinski definition) is 1. The molecule has 1 N–H and O–H groups in total. The lowest BCUT2D eigenvalue weighted by atomic mass is 10.1. The lowest BCUT2D eigenvalue weighted by Gasteiger charge is -2.08. The topological polar surface area (TPSA) is 96.3 Å². The van der Waals surface area contributed by atoms with E-state index in [1.54, 1.807) is 19.1 Å². The highest BCUT2D eigenvalue weighted by molar-refractivity contribution is 7.89. The second-order valence-corrected chi connectivity index (χ2v) is 5.66. The molecule has 0 bridgehead atoms. The van der Waals surface area contributed by atoms with Gasteiger partial charge < -0.3 is 4.74 Å². The van der Waals surface area contributed by atoms with Crippen molar-refractivity contribution < 1.29 is 17.9 Å². The van der Waals surface area contributed by atoms with Crippen LogP contribution in [0.3, 0.4) is 0 Å². The lowest BCUT2D eigenvalue weighted by Crippen LogP contribution is -2.30. The van der Waals surface area contributed by atoms with Gasteiger partial charge in [-0.25, -0.2) is 8.42 Å². The van der Waals surface area contributed by atoms with Crippen molar-refractivity contribution in [3.05, 3.63) is 29.3 Å². The number of nitrogens with zero attached hydrogens (tertiary/aromatic N) is 1. The van der Waals surface area contributed by atoms with E-state index in [1.807, 2.05) is 6.92 Å². The highest BCUT2D eigenvalue weighted by Crippen LogP contribution is 2.14. The van der Waals surface area contributed by atoms with E-state index in [0.717, 1.165) is 11.1 Å². The van der Waals surface area contributed by atoms with E-state index < -0.39 is 29.1 Å². The fourth-order valence-corrected chi connectivity index (χ4v) is 2.34. The molecule has 7 heteroatoms. The summed E-state index contributed by atoms with van der Waals surface area (Å²) < 4.78 is 30.3. The van der Waals surface area contributed by atoms with Crippen molar-refractivity contribution in [2.24, 2.45) is 0 Å². The zero-order valence-electron chi connectivity index (χ0n) is 10.6. The molecule has 0 unspecified atom stereocenters. The molecule has 0 aliphatic carbocycles. The van der Waals surface area contributed by atoms with Crippen LogP contribution in [0.15, 0.2) is 23.1 Å². The second kappa shape index (κ2) is 6.31. The number of carbonyl (C=O) groups is 1. The first kappa shape index (κ1) is 15.1. The Morgan fingerprint density at radius 1 is 1.37 bits per heavy atom. The van der Waals surface area contributed by atoms with Crippen molar-refractivity contribution in [1.82, 2.24) is 4.72 Å². The summed E-state index contributed by atoms with van der Waals surface area (Å²) in [5.41, 5.74) is 1.82. The Morgan fingerprint density at radius 3 is 2.63 bits per heavy atom. The minimum atomic E-state index is -3.75. The molecule has 6 nitrogen and oxygen atoms in total. The molecule has 0 aliphatic heterocycles. The van der Waals surface area contributed by atoms with E-state index >= 15 is 0 Å². The zero-order chi connectivity index (χ0) is 14.5. The fraction of sp³-hybridized carbons (Fsp3) is 0.333. The summed E-state index contributed by atoms with van der Waals surface area (Å²) in [6.07, 6.45) is 0. The van der Waals surface area contributed by atoms with Gasteiger partial charge in [-0.15, -0.1) is 0 Å². The number of esters is 1.